The molecule has 27 heavy (non-hydrogen) atoms. The van der Waals surface area contributed by atoms with E-state index in [1.165, 1.54) is 18.2 Å². The first-order valence-corrected chi connectivity index (χ1v) is 8.51. The van der Waals surface area contributed by atoms with E-state index in [-0.39, 0.29) is 35.2 Å². The third-order valence-corrected chi connectivity index (χ3v) is 4.39. The number of rotatable bonds is 5. The van der Waals surface area contributed by atoms with Crippen LogP contribution in [0.15, 0.2) is 29.1 Å². The predicted molar refractivity (Wildman–Crippen MR) is 94.5 cm³/mol. The summed E-state index contributed by atoms with van der Waals surface area (Å²) in [6.07, 6.45) is -2.34. The molecule has 1 fully saturated rings. The van der Waals surface area contributed by atoms with Crippen molar-refractivity contribution in [2.45, 2.75) is 31.5 Å². The summed E-state index contributed by atoms with van der Waals surface area (Å²) in [5.74, 6) is 0.317. The van der Waals surface area contributed by atoms with Gasteiger partial charge in [-0.05, 0) is 24.5 Å². The quantitative estimate of drug-likeness (QED) is 0.696. The van der Waals surface area contributed by atoms with Crippen molar-refractivity contribution >= 4 is 12.0 Å². The molecule has 0 radical (unpaired) electrons. The summed E-state index contributed by atoms with van der Waals surface area (Å²) in [7, 11) is 0. The summed E-state index contributed by atoms with van der Waals surface area (Å²) in [5.41, 5.74) is -1.25. The molecule has 1 saturated heterocycles. The molecule has 6 nitrogen and oxygen atoms in total. The van der Waals surface area contributed by atoms with Gasteiger partial charge in [-0.3, -0.25) is 4.79 Å². The summed E-state index contributed by atoms with van der Waals surface area (Å²) in [6, 6.07) is 5.22. The van der Waals surface area contributed by atoms with Crippen molar-refractivity contribution in [1.29, 1.82) is 5.41 Å². The van der Waals surface area contributed by atoms with Gasteiger partial charge in [0.2, 0.25) is 0 Å². The number of benzene rings is 1. The molecular weight excluding hydrogens is 361 g/mol. The molecule has 0 spiro atoms. The molecule has 0 aliphatic carbocycles. The number of nitrogens with one attached hydrogen (secondary N) is 3. The number of ether oxygens (including phenoxy) is 1. The van der Waals surface area contributed by atoms with Crippen LogP contribution in [0.4, 0.5) is 19.0 Å². The van der Waals surface area contributed by atoms with Gasteiger partial charge in [0.25, 0.3) is 5.56 Å². The summed E-state index contributed by atoms with van der Waals surface area (Å²) in [4.78, 5) is 19.0. The number of hydrogen-bond donors (Lipinski definition) is 3. The van der Waals surface area contributed by atoms with E-state index < -0.39 is 17.3 Å². The number of nitrogens with zero attached hydrogens (tertiary/aromatic N) is 1. The molecule has 1 aromatic heterocycles. The van der Waals surface area contributed by atoms with Crippen LogP contribution in [-0.4, -0.2) is 35.4 Å². The lowest BCUT2D eigenvalue weighted by Gasteiger charge is -2.24. The van der Waals surface area contributed by atoms with Crippen LogP contribution in [-0.2, 0) is 17.3 Å². The fraction of sp³-hybridized carbons (Fsp3) is 0.389. The average Bonchev–Trinajstić information content (AvgIpc) is 2.62. The van der Waals surface area contributed by atoms with Crippen LogP contribution in [0.1, 0.15) is 35.4 Å². The van der Waals surface area contributed by atoms with Gasteiger partial charge >= 0.3 is 6.18 Å². The van der Waals surface area contributed by atoms with Crippen LogP contribution in [0.2, 0.25) is 0 Å². The molecular formula is C18H19F3N4O2. The third kappa shape index (κ3) is 4.54. The molecule has 144 valence electrons. The molecule has 1 aliphatic rings. The Balaban J connectivity index is 1.93. The Morgan fingerprint density at radius 3 is 2.67 bits per heavy atom. The van der Waals surface area contributed by atoms with E-state index in [9.17, 15) is 18.0 Å². The highest BCUT2D eigenvalue weighted by Gasteiger charge is 2.33. The fourth-order valence-corrected chi connectivity index (χ4v) is 3.02. The topological polar surface area (TPSA) is 90.9 Å². The van der Waals surface area contributed by atoms with E-state index in [4.69, 9.17) is 10.1 Å². The van der Waals surface area contributed by atoms with Gasteiger partial charge in [0, 0.05) is 31.9 Å². The van der Waals surface area contributed by atoms with Gasteiger partial charge in [-0.15, -0.1) is 0 Å². The summed E-state index contributed by atoms with van der Waals surface area (Å²) in [6.45, 7) is 1.15. The Morgan fingerprint density at radius 1 is 1.30 bits per heavy atom. The van der Waals surface area contributed by atoms with Crippen molar-refractivity contribution in [3.05, 3.63) is 57.1 Å². The van der Waals surface area contributed by atoms with Gasteiger partial charge in [0.15, 0.2) is 0 Å². The lowest BCUT2D eigenvalue weighted by Crippen LogP contribution is -2.30. The molecule has 2 aromatic rings. The number of hydrogen-bond acceptors (Lipinski definition) is 5. The summed E-state index contributed by atoms with van der Waals surface area (Å²) >= 11 is 0. The van der Waals surface area contributed by atoms with Crippen LogP contribution in [0.3, 0.4) is 0 Å². The maximum Gasteiger partial charge on any atom is 0.416 e. The Bertz CT molecular complexity index is 874. The molecule has 0 saturated carbocycles. The molecule has 3 rings (SSSR count). The first-order valence-electron chi connectivity index (χ1n) is 8.51. The third-order valence-electron chi connectivity index (χ3n) is 4.39. The highest BCUT2D eigenvalue weighted by Crippen LogP contribution is 2.32. The van der Waals surface area contributed by atoms with Crippen LogP contribution >= 0.6 is 0 Å². The summed E-state index contributed by atoms with van der Waals surface area (Å²) in [5, 5.41) is 10.6. The maximum absolute atomic E-state index is 13.2. The number of anilines is 1. The zero-order valence-corrected chi connectivity index (χ0v) is 14.4. The minimum Gasteiger partial charge on any atom is -0.381 e. The van der Waals surface area contributed by atoms with Crippen LogP contribution < -0.4 is 10.9 Å². The predicted octanol–water partition coefficient (Wildman–Crippen LogP) is 2.97. The molecule has 0 bridgehead atoms. The Morgan fingerprint density at radius 2 is 2.00 bits per heavy atom. The number of halogens is 3. The van der Waals surface area contributed by atoms with Gasteiger partial charge in [0.05, 0.1) is 11.1 Å². The van der Waals surface area contributed by atoms with E-state index in [0.717, 1.165) is 25.1 Å². The molecule has 1 aromatic carbocycles. The van der Waals surface area contributed by atoms with Gasteiger partial charge < -0.3 is 20.4 Å². The van der Waals surface area contributed by atoms with Crippen molar-refractivity contribution in [3.8, 4) is 0 Å². The molecule has 9 heteroatoms. The number of H-pyrrole nitrogens is 1. The second-order valence-electron chi connectivity index (χ2n) is 6.28. The Kier molecular flexibility index (Phi) is 5.59. The molecule has 1 aliphatic heterocycles. The minimum absolute atomic E-state index is 0.0211. The zero-order chi connectivity index (χ0) is 19.4. The van der Waals surface area contributed by atoms with Gasteiger partial charge in [-0.25, -0.2) is 4.98 Å². The van der Waals surface area contributed by atoms with E-state index in [2.05, 4.69) is 15.3 Å². The number of aromatic amines is 1. The Labute approximate surface area is 153 Å². The normalized spacial score (nSPS) is 15.5. The van der Waals surface area contributed by atoms with Crippen molar-refractivity contribution in [2.75, 3.05) is 18.5 Å². The van der Waals surface area contributed by atoms with Gasteiger partial charge in [-0.2, -0.15) is 13.2 Å². The van der Waals surface area contributed by atoms with Crippen LogP contribution in [0.25, 0.3) is 0 Å². The number of alkyl halides is 3. The van der Waals surface area contributed by atoms with Gasteiger partial charge in [-0.1, -0.05) is 18.2 Å². The van der Waals surface area contributed by atoms with E-state index in [1.54, 1.807) is 0 Å². The highest BCUT2D eigenvalue weighted by atomic mass is 19.4. The smallest absolute Gasteiger partial charge is 0.381 e. The lowest BCUT2D eigenvalue weighted by molar-refractivity contribution is -0.138. The maximum atomic E-state index is 13.2. The molecule has 2 heterocycles. The molecule has 3 N–H and O–H groups in total. The standard InChI is InChI=1S/C18H19F3N4O2/c19-18(20,21)14-4-2-1-3-11(14)9-15-24-16(13(10-22)17(26)25-15)23-12-5-7-27-8-6-12/h1-4,10,12,22H,5-9H2,(H2,23,24,25,26). The summed E-state index contributed by atoms with van der Waals surface area (Å²) < 4.78 is 44.9. The Hall–Kier alpha value is -2.68. The largest absolute Gasteiger partial charge is 0.416 e. The van der Waals surface area contributed by atoms with E-state index >= 15 is 0 Å². The second-order valence-corrected chi connectivity index (χ2v) is 6.28. The van der Waals surface area contributed by atoms with Crippen molar-refractivity contribution in [3.63, 3.8) is 0 Å². The van der Waals surface area contributed by atoms with Crippen LogP contribution in [0.5, 0.6) is 0 Å². The monoisotopic (exact) mass is 380 g/mol. The lowest BCUT2D eigenvalue weighted by atomic mass is 10.0. The van der Waals surface area contributed by atoms with Crippen molar-refractivity contribution < 1.29 is 17.9 Å². The van der Waals surface area contributed by atoms with Crippen molar-refractivity contribution in [2.24, 2.45) is 0 Å². The van der Waals surface area contributed by atoms with Crippen molar-refractivity contribution in [1.82, 2.24) is 9.97 Å². The average molecular weight is 380 g/mol. The second kappa shape index (κ2) is 7.91. The van der Waals surface area contributed by atoms with E-state index in [0.29, 0.717) is 13.2 Å². The van der Waals surface area contributed by atoms with Gasteiger partial charge in [0.1, 0.15) is 11.6 Å². The SMILES string of the molecule is N=Cc1c(NC2CCOCC2)nc(Cc2ccccc2C(F)(F)F)[nH]c1=O. The highest BCUT2D eigenvalue weighted by molar-refractivity contribution is 5.83. The minimum atomic E-state index is -4.49. The number of aromatic nitrogens is 2. The molecule has 0 amide bonds. The fourth-order valence-electron chi connectivity index (χ4n) is 3.02. The first-order chi connectivity index (χ1) is 12.9. The zero-order valence-electron chi connectivity index (χ0n) is 14.4. The molecule has 0 unspecified atom stereocenters. The first kappa shape index (κ1) is 19.1. The molecule has 0 atom stereocenters. The van der Waals surface area contributed by atoms with E-state index in [1.807, 2.05) is 0 Å². The van der Waals surface area contributed by atoms with Crippen LogP contribution in [0, 0.1) is 5.41 Å².